The number of nitrogens with two attached hydrogens (primary N) is 1. The lowest BCUT2D eigenvalue weighted by Gasteiger charge is -2.03. The molecule has 1 aromatic rings. The van der Waals surface area contributed by atoms with E-state index in [-0.39, 0.29) is 0 Å². The van der Waals surface area contributed by atoms with Gasteiger partial charge in [-0.25, -0.2) is 0 Å². The number of nitrogens with zero attached hydrogens (tertiary/aromatic N) is 2. The smallest absolute Gasteiger partial charge is 0.132 e. The highest BCUT2D eigenvalue weighted by Gasteiger charge is 2.07. The molecule has 0 fully saturated rings. The first-order valence-electron chi connectivity index (χ1n) is 4.21. The van der Waals surface area contributed by atoms with E-state index in [1.165, 1.54) is 7.11 Å². The lowest BCUT2D eigenvalue weighted by molar-refractivity contribution is 0.214. The van der Waals surface area contributed by atoms with Gasteiger partial charge in [0.1, 0.15) is 12.8 Å². The molecule has 0 spiro atoms. The van der Waals surface area contributed by atoms with Crippen molar-refractivity contribution in [3.63, 3.8) is 0 Å². The van der Waals surface area contributed by atoms with Gasteiger partial charge in [0.2, 0.25) is 0 Å². The summed E-state index contributed by atoms with van der Waals surface area (Å²) >= 11 is 0. The molecule has 0 amide bonds. The van der Waals surface area contributed by atoms with Gasteiger partial charge in [0, 0.05) is 5.56 Å². The van der Waals surface area contributed by atoms with Crippen molar-refractivity contribution in [1.82, 2.24) is 0 Å². The van der Waals surface area contributed by atoms with E-state index in [2.05, 4.69) is 10.3 Å². The van der Waals surface area contributed by atoms with Gasteiger partial charge in [0.25, 0.3) is 0 Å². The van der Waals surface area contributed by atoms with Crippen molar-refractivity contribution in [2.75, 3.05) is 7.11 Å². The monoisotopic (exact) mass is 191 g/mol. The lowest BCUT2D eigenvalue weighted by Crippen LogP contribution is -2.14. The summed E-state index contributed by atoms with van der Waals surface area (Å²) in [7, 11) is 1.49. The second-order valence-electron chi connectivity index (χ2n) is 2.70. The highest BCUT2D eigenvalue weighted by atomic mass is 16.6. The van der Waals surface area contributed by atoms with Crippen LogP contribution in [-0.2, 0) is 4.84 Å². The van der Waals surface area contributed by atoms with Gasteiger partial charge in [-0.1, -0.05) is 35.5 Å². The molecule has 0 atom stereocenters. The van der Waals surface area contributed by atoms with E-state index in [1.807, 2.05) is 30.3 Å². The zero-order valence-electron chi connectivity index (χ0n) is 8.27. The van der Waals surface area contributed by atoms with E-state index < -0.39 is 0 Å². The van der Waals surface area contributed by atoms with Gasteiger partial charge in [-0.2, -0.15) is 5.10 Å². The van der Waals surface area contributed by atoms with Gasteiger partial charge in [-0.3, -0.25) is 0 Å². The summed E-state index contributed by atoms with van der Waals surface area (Å²) in [4.78, 5) is 4.73. The van der Waals surface area contributed by atoms with Crippen LogP contribution in [0.3, 0.4) is 0 Å². The molecule has 0 bridgehead atoms. The minimum Gasteiger partial charge on any atom is -0.399 e. The Hall–Kier alpha value is -1.84. The zero-order chi connectivity index (χ0) is 10.4. The molecule has 4 nitrogen and oxygen atoms in total. The maximum atomic E-state index is 5.19. The summed E-state index contributed by atoms with van der Waals surface area (Å²) in [6.07, 6.45) is 0. The van der Waals surface area contributed by atoms with E-state index in [0.717, 1.165) is 5.56 Å². The summed E-state index contributed by atoms with van der Waals surface area (Å²) in [5, 5.41) is 7.46. The molecule has 2 N–H and O–H groups in total. The Bertz CT molecular complexity index is 344. The fourth-order valence-electron chi connectivity index (χ4n) is 1.08. The molecule has 0 aliphatic rings. The zero-order valence-corrected chi connectivity index (χ0v) is 8.27. The van der Waals surface area contributed by atoms with Crippen LogP contribution in [-0.4, -0.2) is 18.5 Å². The first kappa shape index (κ1) is 10.2. The third-order valence-corrected chi connectivity index (χ3v) is 1.77. The van der Waals surface area contributed by atoms with Crippen LogP contribution in [0.2, 0.25) is 0 Å². The van der Waals surface area contributed by atoms with Gasteiger partial charge >= 0.3 is 0 Å². The predicted molar refractivity (Wildman–Crippen MR) is 57.3 cm³/mol. The van der Waals surface area contributed by atoms with Crippen LogP contribution in [0.1, 0.15) is 12.5 Å². The molecule has 4 heteroatoms. The predicted octanol–water partition coefficient (Wildman–Crippen LogP) is 1.37. The maximum Gasteiger partial charge on any atom is 0.132 e. The molecule has 74 valence electrons. The molecule has 0 unspecified atom stereocenters. The van der Waals surface area contributed by atoms with Crippen LogP contribution in [0.5, 0.6) is 0 Å². The van der Waals surface area contributed by atoms with Crippen molar-refractivity contribution < 1.29 is 4.84 Å². The summed E-state index contributed by atoms with van der Waals surface area (Å²) in [5.74, 6) is 5.19. The minimum atomic E-state index is 0.637. The van der Waals surface area contributed by atoms with E-state index in [0.29, 0.717) is 11.4 Å². The topological polar surface area (TPSA) is 60.0 Å². The molecule has 14 heavy (non-hydrogen) atoms. The third kappa shape index (κ3) is 2.32. The Morgan fingerprint density at radius 2 is 1.93 bits per heavy atom. The van der Waals surface area contributed by atoms with Crippen molar-refractivity contribution >= 4 is 11.4 Å². The quantitative estimate of drug-likeness (QED) is 0.445. The summed E-state index contributed by atoms with van der Waals surface area (Å²) in [6.45, 7) is 1.78. The van der Waals surface area contributed by atoms with E-state index in [4.69, 9.17) is 10.7 Å². The van der Waals surface area contributed by atoms with E-state index in [9.17, 15) is 0 Å². The second-order valence-corrected chi connectivity index (χ2v) is 2.70. The van der Waals surface area contributed by atoms with Gasteiger partial charge in [-0.15, -0.1) is 0 Å². The number of hydrogen-bond donors (Lipinski definition) is 1. The van der Waals surface area contributed by atoms with E-state index >= 15 is 0 Å². The van der Waals surface area contributed by atoms with Crippen LogP contribution in [0.25, 0.3) is 0 Å². The van der Waals surface area contributed by atoms with Gasteiger partial charge in [0.15, 0.2) is 0 Å². The van der Waals surface area contributed by atoms with Crippen LogP contribution in [0.4, 0.5) is 0 Å². The fourth-order valence-corrected chi connectivity index (χ4v) is 1.08. The summed E-state index contributed by atoms with van der Waals surface area (Å²) in [5.41, 5.74) is 2.22. The van der Waals surface area contributed by atoms with Gasteiger partial charge in [-0.05, 0) is 6.92 Å². The number of oxime groups is 1. The molecule has 0 aliphatic heterocycles. The van der Waals surface area contributed by atoms with Crippen LogP contribution in [0.15, 0.2) is 40.6 Å². The lowest BCUT2D eigenvalue weighted by atomic mass is 10.1. The Morgan fingerprint density at radius 1 is 1.29 bits per heavy atom. The first-order chi connectivity index (χ1) is 6.79. The van der Waals surface area contributed by atoms with Crippen molar-refractivity contribution in [3.05, 3.63) is 35.9 Å². The molecule has 0 aliphatic carbocycles. The summed E-state index contributed by atoms with van der Waals surface area (Å²) < 4.78 is 0. The molecule has 0 heterocycles. The molecule has 0 aromatic heterocycles. The number of rotatable bonds is 3. The Kier molecular flexibility index (Phi) is 3.67. The SMILES string of the molecule is CON=C(C(C)=NN)c1ccccc1. The second kappa shape index (κ2) is 5.01. The van der Waals surface area contributed by atoms with E-state index in [1.54, 1.807) is 6.92 Å². The van der Waals surface area contributed by atoms with Gasteiger partial charge < -0.3 is 10.7 Å². The highest BCUT2D eigenvalue weighted by Crippen LogP contribution is 2.03. The summed E-state index contributed by atoms with van der Waals surface area (Å²) in [6, 6.07) is 9.62. The molecule has 0 saturated carbocycles. The van der Waals surface area contributed by atoms with Crippen molar-refractivity contribution in [2.24, 2.45) is 16.1 Å². The van der Waals surface area contributed by atoms with Gasteiger partial charge in [0.05, 0.1) is 5.71 Å². The normalized spacial score (nSPS) is 12.7. The standard InChI is InChI=1S/C10H13N3O/c1-8(12-11)10(13-14-2)9-6-4-3-5-7-9/h3-7H,11H2,1-2H3. The van der Waals surface area contributed by atoms with Crippen LogP contribution >= 0.6 is 0 Å². The van der Waals surface area contributed by atoms with Crippen molar-refractivity contribution in [1.29, 1.82) is 0 Å². The Morgan fingerprint density at radius 3 is 2.43 bits per heavy atom. The van der Waals surface area contributed by atoms with Crippen molar-refractivity contribution in [2.45, 2.75) is 6.92 Å². The maximum absolute atomic E-state index is 5.19. The number of hydrogen-bond acceptors (Lipinski definition) is 4. The fraction of sp³-hybridized carbons (Fsp3) is 0.200. The molecule has 1 rings (SSSR count). The van der Waals surface area contributed by atoms with Crippen molar-refractivity contribution in [3.8, 4) is 0 Å². The number of hydrazone groups is 1. The average molecular weight is 191 g/mol. The third-order valence-electron chi connectivity index (χ3n) is 1.77. The minimum absolute atomic E-state index is 0.637. The number of benzene rings is 1. The molecular weight excluding hydrogens is 178 g/mol. The molecule has 0 radical (unpaired) electrons. The van der Waals surface area contributed by atoms with Crippen LogP contribution in [0, 0.1) is 0 Å². The molecule has 1 aromatic carbocycles. The first-order valence-corrected chi connectivity index (χ1v) is 4.21. The average Bonchev–Trinajstić information content (AvgIpc) is 2.26. The highest BCUT2D eigenvalue weighted by molar-refractivity contribution is 6.47. The molecule has 0 saturated heterocycles. The largest absolute Gasteiger partial charge is 0.399 e. The molecular formula is C10H13N3O. The Balaban J connectivity index is 3.08. The van der Waals surface area contributed by atoms with Crippen LogP contribution < -0.4 is 5.84 Å². The Labute approximate surface area is 83.1 Å².